The summed E-state index contributed by atoms with van der Waals surface area (Å²) in [5, 5.41) is 11.7. The first-order valence-electron chi connectivity index (χ1n) is 8.02. The summed E-state index contributed by atoms with van der Waals surface area (Å²) in [6.07, 6.45) is 6.84. The number of nitriles is 1. The molecule has 0 radical (unpaired) electrons. The lowest BCUT2D eigenvalue weighted by atomic mass is 9.99. The monoisotopic (exact) mass is 293 g/mol. The van der Waals surface area contributed by atoms with Crippen molar-refractivity contribution >= 4 is 10.8 Å². The number of hydrogen-bond donors (Lipinski definition) is 0. The lowest BCUT2D eigenvalue weighted by Gasteiger charge is -2.06. The topological polar surface area (TPSA) is 33.0 Å². The maximum atomic E-state index is 9.01. The van der Waals surface area contributed by atoms with Crippen LogP contribution in [0.5, 0.6) is 0 Å². The van der Waals surface area contributed by atoms with Gasteiger partial charge in [-0.1, -0.05) is 48.9 Å². The lowest BCUT2D eigenvalue weighted by molar-refractivity contribution is 0.266. The predicted octanol–water partition coefficient (Wildman–Crippen LogP) is 5.39. The van der Waals surface area contributed by atoms with E-state index >= 15 is 0 Å². The molecule has 0 amide bonds. The first-order valence-corrected chi connectivity index (χ1v) is 8.02. The number of rotatable bonds is 8. The summed E-state index contributed by atoms with van der Waals surface area (Å²) in [6, 6.07) is 17.3. The number of benzene rings is 2. The molecule has 2 aromatic rings. The molecule has 2 heteroatoms. The average Bonchev–Trinajstić information content (AvgIpc) is 2.57. The maximum Gasteiger partial charge on any atom is 0.0979 e. The van der Waals surface area contributed by atoms with Crippen LogP contribution < -0.4 is 0 Å². The van der Waals surface area contributed by atoms with Gasteiger partial charge in [0, 0.05) is 0 Å². The molecule has 0 saturated heterocycles. The number of ether oxygens (including phenoxy) is 1. The standard InChI is InChI=1S/C20H23NO/c1-2-22-16-17(15-21)9-4-3-5-10-18-12-8-13-19-11-6-7-14-20(18)19/h6-8,11-14,16H,2-5,9-10H2,1H3. The quantitative estimate of drug-likeness (QED) is 0.371. The zero-order chi connectivity index (χ0) is 15.6. The Morgan fingerprint density at radius 2 is 1.91 bits per heavy atom. The molecule has 0 atom stereocenters. The molecule has 22 heavy (non-hydrogen) atoms. The molecule has 0 N–H and O–H groups in total. The van der Waals surface area contributed by atoms with Gasteiger partial charge in [-0.25, -0.2) is 0 Å². The highest BCUT2D eigenvalue weighted by atomic mass is 16.5. The van der Waals surface area contributed by atoms with E-state index in [4.69, 9.17) is 10.00 Å². The van der Waals surface area contributed by atoms with Gasteiger partial charge in [0.15, 0.2) is 0 Å². The molecule has 0 spiro atoms. The van der Waals surface area contributed by atoms with E-state index in [1.54, 1.807) is 6.26 Å². The Morgan fingerprint density at radius 1 is 1.09 bits per heavy atom. The van der Waals surface area contributed by atoms with Crippen molar-refractivity contribution in [3.05, 3.63) is 59.9 Å². The van der Waals surface area contributed by atoms with Crippen LogP contribution in [0.15, 0.2) is 54.3 Å². The van der Waals surface area contributed by atoms with Gasteiger partial charge in [-0.15, -0.1) is 0 Å². The summed E-state index contributed by atoms with van der Waals surface area (Å²) in [6.45, 7) is 2.54. The molecule has 0 bridgehead atoms. The molecule has 0 aliphatic heterocycles. The van der Waals surface area contributed by atoms with Gasteiger partial charge < -0.3 is 4.74 Å². The molecule has 0 aliphatic carbocycles. The van der Waals surface area contributed by atoms with Crippen LogP contribution in [0.25, 0.3) is 10.8 Å². The van der Waals surface area contributed by atoms with Gasteiger partial charge in [0.1, 0.15) is 0 Å². The van der Waals surface area contributed by atoms with Gasteiger partial charge in [-0.3, -0.25) is 0 Å². The Labute approximate surface area is 133 Å². The minimum Gasteiger partial charge on any atom is -0.500 e. The van der Waals surface area contributed by atoms with Crippen molar-refractivity contribution < 1.29 is 4.74 Å². The fraction of sp³-hybridized carbons (Fsp3) is 0.350. The normalized spacial score (nSPS) is 11.4. The summed E-state index contributed by atoms with van der Waals surface area (Å²) in [5.41, 5.74) is 2.16. The van der Waals surface area contributed by atoms with Crippen LogP contribution in [0.1, 0.15) is 38.2 Å². The zero-order valence-corrected chi connectivity index (χ0v) is 13.2. The number of allylic oxidation sites excluding steroid dienone is 1. The summed E-state index contributed by atoms with van der Waals surface area (Å²) in [7, 11) is 0. The minimum atomic E-state index is 0.617. The van der Waals surface area contributed by atoms with Gasteiger partial charge in [-0.2, -0.15) is 5.26 Å². The van der Waals surface area contributed by atoms with Crippen LogP contribution in [0.4, 0.5) is 0 Å². The van der Waals surface area contributed by atoms with Gasteiger partial charge >= 0.3 is 0 Å². The third kappa shape index (κ3) is 4.63. The summed E-state index contributed by atoms with van der Waals surface area (Å²) < 4.78 is 5.18. The minimum absolute atomic E-state index is 0.617. The molecule has 114 valence electrons. The molecule has 0 aliphatic rings. The molecule has 2 nitrogen and oxygen atoms in total. The van der Waals surface area contributed by atoms with E-state index in [2.05, 4.69) is 48.5 Å². The molecule has 0 fully saturated rings. The van der Waals surface area contributed by atoms with Crippen LogP contribution in [-0.2, 0) is 11.2 Å². The molecule has 0 aromatic heterocycles. The second kappa shape index (κ2) is 8.89. The van der Waals surface area contributed by atoms with E-state index in [0.717, 1.165) is 37.7 Å². The summed E-state index contributed by atoms with van der Waals surface area (Å²) in [4.78, 5) is 0. The third-order valence-corrected chi connectivity index (χ3v) is 3.81. The Bertz CT molecular complexity index is 661. The second-order valence-electron chi connectivity index (χ2n) is 5.41. The number of hydrogen-bond acceptors (Lipinski definition) is 2. The number of unbranched alkanes of at least 4 members (excludes halogenated alkanes) is 2. The highest BCUT2D eigenvalue weighted by molar-refractivity contribution is 5.85. The second-order valence-corrected chi connectivity index (χ2v) is 5.41. The van der Waals surface area contributed by atoms with Gasteiger partial charge in [0.25, 0.3) is 0 Å². The van der Waals surface area contributed by atoms with Crippen LogP contribution >= 0.6 is 0 Å². The molecule has 0 saturated carbocycles. The molecule has 0 heterocycles. The van der Waals surface area contributed by atoms with E-state index in [9.17, 15) is 0 Å². The number of aryl methyl sites for hydroxylation is 1. The van der Waals surface area contributed by atoms with Gasteiger partial charge in [0.2, 0.25) is 0 Å². The Hall–Kier alpha value is -2.27. The Balaban J connectivity index is 1.80. The van der Waals surface area contributed by atoms with Gasteiger partial charge in [0.05, 0.1) is 24.5 Å². The fourth-order valence-electron chi connectivity index (χ4n) is 2.64. The Kier molecular flexibility index (Phi) is 6.51. The lowest BCUT2D eigenvalue weighted by Crippen LogP contribution is -1.89. The van der Waals surface area contributed by atoms with Crippen molar-refractivity contribution in [2.45, 2.75) is 39.0 Å². The first-order chi connectivity index (χ1) is 10.8. The van der Waals surface area contributed by atoms with E-state index in [-0.39, 0.29) is 0 Å². The van der Waals surface area contributed by atoms with Crippen molar-refractivity contribution in [3.63, 3.8) is 0 Å². The smallest absolute Gasteiger partial charge is 0.0979 e. The third-order valence-electron chi connectivity index (χ3n) is 3.81. The first kappa shape index (κ1) is 16.1. The van der Waals surface area contributed by atoms with Crippen molar-refractivity contribution in [1.82, 2.24) is 0 Å². The van der Waals surface area contributed by atoms with Crippen LogP contribution in [0.3, 0.4) is 0 Å². The maximum absolute atomic E-state index is 9.01. The zero-order valence-electron chi connectivity index (χ0n) is 13.2. The van der Waals surface area contributed by atoms with Gasteiger partial charge in [-0.05, 0) is 48.9 Å². The summed E-state index contributed by atoms with van der Waals surface area (Å²) in [5.74, 6) is 0. The molecule has 2 aromatic carbocycles. The van der Waals surface area contributed by atoms with Crippen molar-refractivity contribution in [1.29, 1.82) is 5.26 Å². The Morgan fingerprint density at radius 3 is 2.73 bits per heavy atom. The number of nitrogens with zero attached hydrogens (tertiary/aromatic N) is 1. The van der Waals surface area contributed by atoms with E-state index in [0.29, 0.717) is 6.61 Å². The molecular weight excluding hydrogens is 270 g/mol. The summed E-state index contributed by atoms with van der Waals surface area (Å²) >= 11 is 0. The molecule has 2 rings (SSSR count). The largest absolute Gasteiger partial charge is 0.500 e. The SMILES string of the molecule is CCOC=C(C#N)CCCCCc1cccc2ccccc12. The highest BCUT2D eigenvalue weighted by Gasteiger charge is 2.01. The van der Waals surface area contributed by atoms with Crippen LogP contribution in [0.2, 0.25) is 0 Å². The molecular formula is C20H23NO. The molecule has 0 unspecified atom stereocenters. The van der Waals surface area contributed by atoms with Crippen LogP contribution in [0, 0.1) is 11.3 Å². The average molecular weight is 293 g/mol. The van der Waals surface area contributed by atoms with E-state index in [1.807, 2.05) is 6.92 Å². The van der Waals surface area contributed by atoms with Crippen molar-refractivity contribution in [3.8, 4) is 6.07 Å². The predicted molar refractivity (Wildman–Crippen MR) is 91.4 cm³/mol. The van der Waals surface area contributed by atoms with Crippen LogP contribution in [-0.4, -0.2) is 6.61 Å². The fourth-order valence-corrected chi connectivity index (χ4v) is 2.64. The van der Waals surface area contributed by atoms with E-state index in [1.165, 1.54) is 16.3 Å². The highest BCUT2D eigenvalue weighted by Crippen LogP contribution is 2.20. The van der Waals surface area contributed by atoms with E-state index < -0.39 is 0 Å². The van der Waals surface area contributed by atoms with Crippen molar-refractivity contribution in [2.75, 3.05) is 6.61 Å². The number of fused-ring (bicyclic) bond motifs is 1. The van der Waals surface area contributed by atoms with Crippen molar-refractivity contribution in [2.24, 2.45) is 0 Å².